The summed E-state index contributed by atoms with van der Waals surface area (Å²) in [5, 5.41) is 10.7. The molecule has 2 aromatic heterocycles. The van der Waals surface area contributed by atoms with Gasteiger partial charge < -0.3 is 5.32 Å². The fraction of sp³-hybridized carbons (Fsp3) is 0.467. The van der Waals surface area contributed by atoms with E-state index in [0.717, 1.165) is 30.3 Å². The smallest absolute Gasteiger partial charge is 0.0710 e. The van der Waals surface area contributed by atoms with Gasteiger partial charge in [-0.1, -0.05) is 19.3 Å². The average Bonchev–Trinajstić information content (AvgIpc) is 2.86. The fourth-order valence-electron chi connectivity index (χ4n) is 2.52. The van der Waals surface area contributed by atoms with Crippen LogP contribution in [0.2, 0.25) is 0 Å². The molecule has 0 unspecified atom stereocenters. The molecule has 0 saturated heterocycles. The van der Waals surface area contributed by atoms with Gasteiger partial charge in [0.1, 0.15) is 0 Å². The maximum absolute atomic E-state index is 4.15. The molecule has 0 atom stereocenters. The van der Waals surface area contributed by atoms with Crippen molar-refractivity contribution in [2.75, 3.05) is 6.54 Å². The Balaban J connectivity index is 1.55. The molecule has 100 valence electrons. The molecule has 19 heavy (non-hydrogen) atoms. The minimum absolute atomic E-state index is 0.868. The van der Waals surface area contributed by atoms with Crippen LogP contribution >= 0.6 is 0 Å². The number of aromatic amines is 1. The highest BCUT2D eigenvalue weighted by atomic mass is 15.1. The van der Waals surface area contributed by atoms with Crippen LogP contribution in [0.5, 0.6) is 0 Å². The minimum atomic E-state index is 0.868. The summed E-state index contributed by atoms with van der Waals surface area (Å²) in [6, 6.07) is 4.00. The molecule has 0 bridgehead atoms. The monoisotopic (exact) mass is 256 g/mol. The van der Waals surface area contributed by atoms with Crippen molar-refractivity contribution in [1.82, 2.24) is 20.5 Å². The van der Waals surface area contributed by atoms with Gasteiger partial charge in [0.05, 0.1) is 11.9 Å². The lowest BCUT2D eigenvalue weighted by atomic mass is 9.83. The van der Waals surface area contributed by atoms with Crippen LogP contribution in [0.25, 0.3) is 11.3 Å². The van der Waals surface area contributed by atoms with E-state index < -0.39 is 0 Å². The van der Waals surface area contributed by atoms with Crippen LogP contribution in [0.1, 0.15) is 31.2 Å². The second-order valence-electron chi connectivity index (χ2n) is 5.27. The highest BCUT2D eigenvalue weighted by molar-refractivity contribution is 5.61. The number of hydrogen-bond donors (Lipinski definition) is 2. The van der Waals surface area contributed by atoms with Crippen molar-refractivity contribution in [3.05, 3.63) is 36.3 Å². The molecule has 1 aliphatic rings. The van der Waals surface area contributed by atoms with Crippen LogP contribution < -0.4 is 5.32 Å². The first-order valence-electron chi connectivity index (χ1n) is 7.07. The third-order valence-electron chi connectivity index (χ3n) is 3.94. The molecule has 0 aromatic carbocycles. The van der Waals surface area contributed by atoms with Crippen LogP contribution in [-0.2, 0) is 6.54 Å². The maximum Gasteiger partial charge on any atom is 0.0710 e. The second kappa shape index (κ2) is 5.97. The Morgan fingerprint density at radius 3 is 3.00 bits per heavy atom. The van der Waals surface area contributed by atoms with Gasteiger partial charge in [-0.2, -0.15) is 5.10 Å². The number of nitrogens with zero attached hydrogens (tertiary/aromatic N) is 2. The van der Waals surface area contributed by atoms with Crippen LogP contribution in [-0.4, -0.2) is 21.7 Å². The molecule has 0 radical (unpaired) electrons. The third-order valence-corrected chi connectivity index (χ3v) is 3.94. The fourth-order valence-corrected chi connectivity index (χ4v) is 2.52. The van der Waals surface area contributed by atoms with E-state index in [0.29, 0.717) is 0 Å². The standard InChI is InChI=1S/C15H20N4/c1-3-12(4-1)6-8-17-10-14-11-18-19-15(14)13-5-2-7-16-9-13/h2,5,7,9,11-12,17H,1,3-4,6,8,10H2,(H,18,19). The molecular formula is C15H20N4. The summed E-state index contributed by atoms with van der Waals surface area (Å²) in [4.78, 5) is 4.15. The zero-order chi connectivity index (χ0) is 12.9. The molecule has 4 heteroatoms. The summed E-state index contributed by atoms with van der Waals surface area (Å²) >= 11 is 0. The number of H-pyrrole nitrogens is 1. The van der Waals surface area contributed by atoms with Gasteiger partial charge in [-0.15, -0.1) is 0 Å². The summed E-state index contributed by atoms with van der Waals surface area (Å²) in [6.45, 7) is 1.97. The van der Waals surface area contributed by atoms with Crippen molar-refractivity contribution in [3.8, 4) is 11.3 Å². The molecule has 1 fully saturated rings. The Morgan fingerprint density at radius 1 is 1.32 bits per heavy atom. The molecule has 4 nitrogen and oxygen atoms in total. The molecule has 2 aromatic rings. The van der Waals surface area contributed by atoms with Crippen molar-refractivity contribution >= 4 is 0 Å². The highest BCUT2D eigenvalue weighted by Crippen LogP contribution is 2.28. The predicted molar refractivity (Wildman–Crippen MR) is 75.5 cm³/mol. The third kappa shape index (κ3) is 3.01. The van der Waals surface area contributed by atoms with Crippen molar-refractivity contribution in [3.63, 3.8) is 0 Å². The van der Waals surface area contributed by atoms with Gasteiger partial charge in [0.15, 0.2) is 0 Å². The molecule has 2 heterocycles. The van der Waals surface area contributed by atoms with Crippen LogP contribution in [0.15, 0.2) is 30.7 Å². The molecule has 0 spiro atoms. The zero-order valence-corrected chi connectivity index (χ0v) is 11.1. The first-order chi connectivity index (χ1) is 9.43. The summed E-state index contributed by atoms with van der Waals surface area (Å²) in [6.07, 6.45) is 11.1. The van der Waals surface area contributed by atoms with Crippen molar-refractivity contribution in [1.29, 1.82) is 0 Å². The minimum Gasteiger partial charge on any atom is -0.313 e. The normalized spacial score (nSPS) is 15.4. The molecule has 0 amide bonds. The summed E-state index contributed by atoms with van der Waals surface area (Å²) in [5.74, 6) is 0.967. The van der Waals surface area contributed by atoms with Gasteiger partial charge in [-0.25, -0.2) is 0 Å². The van der Waals surface area contributed by atoms with E-state index in [9.17, 15) is 0 Å². The Morgan fingerprint density at radius 2 is 2.26 bits per heavy atom. The molecule has 1 aliphatic carbocycles. The van der Waals surface area contributed by atoms with E-state index in [1.165, 1.54) is 31.2 Å². The number of hydrogen-bond acceptors (Lipinski definition) is 3. The lowest BCUT2D eigenvalue weighted by Crippen LogP contribution is -2.21. The Labute approximate surface area is 113 Å². The van der Waals surface area contributed by atoms with Gasteiger partial charge in [0.2, 0.25) is 0 Å². The Bertz CT molecular complexity index is 502. The van der Waals surface area contributed by atoms with Crippen molar-refractivity contribution < 1.29 is 0 Å². The van der Waals surface area contributed by atoms with Crippen molar-refractivity contribution in [2.24, 2.45) is 5.92 Å². The van der Waals surface area contributed by atoms with E-state index in [1.54, 1.807) is 6.20 Å². The zero-order valence-electron chi connectivity index (χ0n) is 11.1. The van der Waals surface area contributed by atoms with Crippen LogP contribution in [0.4, 0.5) is 0 Å². The van der Waals surface area contributed by atoms with Gasteiger partial charge in [-0.05, 0) is 31.0 Å². The average molecular weight is 256 g/mol. The van der Waals surface area contributed by atoms with E-state index in [1.807, 2.05) is 18.5 Å². The predicted octanol–water partition coefficient (Wildman–Crippen LogP) is 2.75. The molecule has 0 aliphatic heterocycles. The first kappa shape index (κ1) is 12.4. The Hall–Kier alpha value is -1.68. The molecule has 1 saturated carbocycles. The Kier molecular flexibility index (Phi) is 3.89. The second-order valence-corrected chi connectivity index (χ2v) is 5.27. The highest BCUT2D eigenvalue weighted by Gasteiger charge is 2.16. The number of pyridine rings is 1. The summed E-state index contributed by atoms with van der Waals surface area (Å²) < 4.78 is 0. The van der Waals surface area contributed by atoms with Gasteiger partial charge in [-0.3, -0.25) is 10.1 Å². The van der Waals surface area contributed by atoms with Crippen molar-refractivity contribution in [2.45, 2.75) is 32.2 Å². The first-order valence-corrected chi connectivity index (χ1v) is 7.07. The van der Waals surface area contributed by atoms with E-state index in [4.69, 9.17) is 0 Å². The van der Waals surface area contributed by atoms with Gasteiger partial charge >= 0.3 is 0 Å². The van der Waals surface area contributed by atoms with Crippen LogP contribution in [0, 0.1) is 5.92 Å². The molecule has 3 rings (SSSR count). The largest absolute Gasteiger partial charge is 0.313 e. The number of nitrogens with one attached hydrogen (secondary N) is 2. The molecule has 2 N–H and O–H groups in total. The lowest BCUT2D eigenvalue weighted by Gasteiger charge is -2.25. The summed E-state index contributed by atoms with van der Waals surface area (Å²) in [5.41, 5.74) is 3.38. The number of rotatable bonds is 6. The van der Waals surface area contributed by atoms with Crippen LogP contribution in [0.3, 0.4) is 0 Å². The van der Waals surface area contributed by atoms with E-state index in [2.05, 4.69) is 26.6 Å². The quantitative estimate of drug-likeness (QED) is 0.781. The number of aromatic nitrogens is 3. The van der Waals surface area contributed by atoms with E-state index >= 15 is 0 Å². The van der Waals surface area contributed by atoms with Gasteiger partial charge in [0, 0.05) is 30.1 Å². The summed E-state index contributed by atoms with van der Waals surface area (Å²) in [7, 11) is 0. The maximum atomic E-state index is 4.15. The SMILES string of the molecule is c1cncc(-c2[nH]ncc2CNCCC2CCC2)c1. The topological polar surface area (TPSA) is 53.6 Å². The molecular weight excluding hydrogens is 236 g/mol. The van der Waals surface area contributed by atoms with E-state index in [-0.39, 0.29) is 0 Å². The lowest BCUT2D eigenvalue weighted by molar-refractivity contribution is 0.292. The van der Waals surface area contributed by atoms with Gasteiger partial charge in [0.25, 0.3) is 0 Å².